The molecule has 0 saturated heterocycles. The van der Waals surface area contributed by atoms with Crippen LogP contribution in [0.3, 0.4) is 0 Å². The highest BCUT2D eigenvalue weighted by molar-refractivity contribution is 6.24. The van der Waals surface area contributed by atoms with Crippen LogP contribution in [0.15, 0.2) is 59.9 Å². The summed E-state index contributed by atoms with van der Waals surface area (Å²) in [6.45, 7) is 13.0. The third-order valence-corrected chi connectivity index (χ3v) is 10.4. The van der Waals surface area contributed by atoms with Gasteiger partial charge in [0.25, 0.3) is 5.91 Å². The summed E-state index contributed by atoms with van der Waals surface area (Å²) in [4.78, 5) is 43.9. The highest BCUT2D eigenvalue weighted by Gasteiger charge is 2.64. The van der Waals surface area contributed by atoms with Crippen molar-refractivity contribution in [3.8, 4) is 16.9 Å². The van der Waals surface area contributed by atoms with Crippen molar-refractivity contribution >= 4 is 29.3 Å². The van der Waals surface area contributed by atoms with Gasteiger partial charge in [0.15, 0.2) is 11.4 Å². The van der Waals surface area contributed by atoms with Crippen molar-refractivity contribution in [1.82, 2.24) is 9.80 Å². The standard InChI is InChI=1S/C39H47N3O7/c1-7-10-11-24-21(4)25(13-12-22(24)20-42(16-8-2)17-9-3)26-14-15-29(43)31-27(26)18-23-19-28-33(41(5)6)35(45)32(38(40)48)37(47)39(28,49)36(46)30(23)34(31)44/h7,10-15,23,28,33,43-44,47,49H,1,8-9,16-20H2,2-6H3,(H2,40,48)/b11-10-/t23-,28-,33-,39-/m0/s1. The van der Waals surface area contributed by atoms with Gasteiger partial charge in [0.05, 0.1) is 11.6 Å². The van der Waals surface area contributed by atoms with Gasteiger partial charge < -0.3 is 26.2 Å². The monoisotopic (exact) mass is 669 g/mol. The summed E-state index contributed by atoms with van der Waals surface area (Å²) in [7, 11) is 3.16. The smallest absolute Gasteiger partial charge is 0.255 e. The quantitative estimate of drug-likeness (QED) is 0.168. The molecule has 0 spiro atoms. The number of likely N-dealkylation sites (N-methyl/N-ethyl adjacent to an activating group) is 1. The van der Waals surface area contributed by atoms with Gasteiger partial charge in [-0.05, 0) is 105 Å². The van der Waals surface area contributed by atoms with Crippen LogP contribution in [0.4, 0.5) is 0 Å². The molecule has 0 unspecified atom stereocenters. The molecule has 0 radical (unpaired) electrons. The lowest BCUT2D eigenvalue weighted by atomic mass is 9.57. The zero-order valence-electron chi connectivity index (χ0n) is 28.9. The van der Waals surface area contributed by atoms with Crippen molar-refractivity contribution in [2.45, 2.75) is 64.6 Å². The lowest BCUT2D eigenvalue weighted by Gasteiger charge is -2.50. The van der Waals surface area contributed by atoms with Crippen LogP contribution < -0.4 is 5.73 Å². The van der Waals surface area contributed by atoms with E-state index in [9.17, 15) is 34.8 Å². The zero-order valence-corrected chi connectivity index (χ0v) is 28.9. The second-order valence-electron chi connectivity index (χ2n) is 13.6. The maximum Gasteiger partial charge on any atom is 0.255 e. The topological polar surface area (TPSA) is 165 Å². The first kappa shape index (κ1) is 35.8. The Bertz CT molecular complexity index is 1810. The van der Waals surface area contributed by atoms with Gasteiger partial charge in [-0.25, -0.2) is 0 Å². The Hall–Kier alpha value is -4.51. The maximum atomic E-state index is 14.2. The number of primary amides is 1. The summed E-state index contributed by atoms with van der Waals surface area (Å²) < 4.78 is 0. The van der Waals surface area contributed by atoms with Gasteiger partial charge in [0.1, 0.15) is 22.8 Å². The molecule has 1 saturated carbocycles. The largest absolute Gasteiger partial charge is 0.508 e. The van der Waals surface area contributed by atoms with Crippen LogP contribution in [0.25, 0.3) is 23.0 Å². The van der Waals surface area contributed by atoms with E-state index in [4.69, 9.17) is 5.73 Å². The molecule has 49 heavy (non-hydrogen) atoms. The van der Waals surface area contributed by atoms with Gasteiger partial charge in [-0.3, -0.25) is 24.2 Å². The molecule has 260 valence electrons. The summed E-state index contributed by atoms with van der Waals surface area (Å²) >= 11 is 0. The number of benzene rings is 2. The molecule has 0 bridgehead atoms. The van der Waals surface area contributed by atoms with E-state index in [1.54, 1.807) is 26.2 Å². The van der Waals surface area contributed by atoms with Gasteiger partial charge >= 0.3 is 0 Å². The van der Waals surface area contributed by atoms with Gasteiger partial charge in [-0.15, -0.1) is 0 Å². The number of hydrogen-bond acceptors (Lipinski definition) is 9. The molecule has 3 aliphatic carbocycles. The highest BCUT2D eigenvalue weighted by Crippen LogP contribution is 2.54. The molecule has 0 aliphatic heterocycles. The minimum absolute atomic E-state index is 0.0246. The molecule has 0 aromatic heterocycles. The fourth-order valence-electron chi connectivity index (χ4n) is 8.25. The molecule has 10 nitrogen and oxygen atoms in total. The molecule has 0 heterocycles. The molecule has 3 aliphatic rings. The third kappa shape index (κ3) is 5.81. The number of hydrogen-bond donors (Lipinski definition) is 5. The van der Waals surface area contributed by atoms with E-state index in [1.165, 1.54) is 11.0 Å². The van der Waals surface area contributed by atoms with Gasteiger partial charge in [-0.1, -0.05) is 56.9 Å². The molecule has 1 amide bonds. The Balaban J connectivity index is 1.68. The number of fused-ring (bicyclic) bond motifs is 3. The number of carbonyl (C=O) groups excluding carboxylic acids is 3. The summed E-state index contributed by atoms with van der Waals surface area (Å²) in [5, 5.41) is 45.9. The second-order valence-corrected chi connectivity index (χ2v) is 13.6. The van der Waals surface area contributed by atoms with Crippen LogP contribution in [-0.4, -0.2) is 86.5 Å². The highest BCUT2D eigenvalue weighted by atomic mass is 16.3. The van der Waals surface area contributed by atoms with Crippen LogP contribution in [-0.2, 0) is 27.3 Å². The van der Waals surface area contributed by atoms with Crippen LogP contribution in [0, 0.1) is 18.8 Å². The lowest BCUT2D eigenvalue weighted by Crippen LogP contribution is -2.65. The fraction of sp³-hybridized carbons (Fsp3) is 0.410. The number of aromatic hydroxyl groups is 1. The van der Waals surface area contributed by atoms with Crippen molar-refractivity contribution in [2.24, 2.45) is 17.6 Å². The van der Waals surface area contributed by atoms with Crippen molar-refractivity contribution in [2.75, 3.05) is 27.2 Å². The summed E-state index contributed by atoms with van der Waals surface area (Å²) in [5.41, 5.74) is 7.31. The number of nitrogens with two attached hydrogens (primary N) is 1. The first-order valence-corrected chi connectivity index (χ1v) is 16.9. The molecule has 10 heteroatoms. The minimum atomic E-state index is -2.68. The van der Waals surface area contributed by atoms with Gasteiger partial charge in [0, 0.05) is 18.0 Å². The van der Waals surface area contributed by atoms with Crippen molar-refractivity contribution in [1.29, 1.82) is 0 Å². The summed E-state index contributed by atoms with van der Waals surface area (Å²) in [5.74, 6) is -6.74. The van der Waals surface area contributed by atoms with Crippen LogP contribution in [0.5, 0.6) is 5.75 Å². The van der Waals surface area contributed by atoms with Crippen LogP contribution in [0.1, 0.15) is 60.9 Å². The number of Topliss-reactive ketones (excluding diaryl/α,β-unsaturated/α-hetero) is 2. The molecular weight excluding hydrogens is 622 g/mol. The van der Waals surface area contributed by atoms with Gasteiger partial charge in [-0.2, -0.15) is 0 Å². The van der Waals surface area contributed by atoms with E-state index in [-0.39, 0.29) is 29.7 Å². The molecule has 4 atom stereocenters. The Morgan fingerprint density at radius 3 is 2.31 bits per heavy atom. The number of aliphatic hydroxyl groups is 3. The number of rotatable bonds is 11. The molecule has 5 rings (SSSR count). The first-order valence-electron chi connectivity index (χ1n) is 16.9. The van der Waals surface area contributed by atoms with E-state index < -0.39 is 58.0 Å². The van der Waals surface area contributed by atoms with E-state index in [0.717, 1.165) is 60.3 Å². The molecule has 2 aromatic rings. The number of aliphatic hydroxyl groups excluding tert-OH is 2. The normalized spacial score (nSPS) is 23.7. The molecule has 1 fully saturated rings. The van der Waals surface area contributed by atoms with Crippen LogP contribution >= 0.6 is 0 Å². The zero-order chi connectivity index (χ0) is 35.9. The second kappa shape index (κ2) is 13.8. The number of phenols is 1. The Morgan fingerprint density at radius 1 is 1.06 bits per heavy atom. The van der Waals surface area contributed by atoms with Crippen LogP contribution in [0.2, 0.25) is 0 Å². The Labute approximate surface area is 287 Å². The number of amides is 1. The Morgan fingerprint density at radius 2 is 1.71 bits per heavy atom. The average Bonchev–Trinajstić information content (AvgIpc) is 3.03. The third-order valence-electron chi connectivity index (χ3n) is 10.4. The Kier molecular flexibility index (Phi) is 10.1. The number of allylic oxidation sites excluding steroid dienone is 2. The molecule has 6 N–H and O–H groups in total. The maximum absolute atomic E-state index is 14.2. The van der Waals surface area contributed by atoms with Gasteiger partial charge in [0.2, 0.25) is 5.78 Å². The van der Waals surface area contributed by atoms with E-state index in [0.29, 0.717) is 5.56 Å². The summed E-state index contributed by atoms with van der Waals surface area (Å²) in [6.07, 6.45) is 8.00. The predicted octanol–water partition coefficient (Wildman–Crippen LogP) is 4.76. The molecule has 2 aromatic carbocycles. The fourth-order valence-corrected chi connectivity index (χ4v) is 8.25. The number of phenolic OH excluding ortho intramolecular Hbond substituents is 1. The van der Waals surface area contributed by atoms with Crippen molar-refractivity contribution in [3.63, 3.8) is 0 Å². The number of carbonyl (C=O) groups is 3. The number of nitrogens with zero attached hydrogens (tertiary/aromatic N) is 2. The van der Waals surface area contributed by atoms with E-state index in [2.05, 4.69) is 37.5 Å². The predicted molar refractivity (Wildman–Crippen MR) is 190 cm³/mol. The van der Waals surface area contributed by atoms with E-state index >= 15 is 0 Å². The van der Waals surface area contributed by atoms with Crippen molar-refractivity contribution in [3.05, 3.63) is 87.7 Å². The van der Waals surface area contributed by atoms with E-state index in [1.807, 2.05) is 19.1 Å². The lowest BCUT2D eigenvalue weighted by molar-refractivity contribution is -0.153. The van der Waals surface area contributed by atoms with Crippen molar-refractivity contribution < 1.29 is 34.8 Å². The first-order chi connectivity index (χ1) is 23.2. The summed E-state index contributed by atoms with van der Waals surface area (Å²) in [6, 6.07) is 6.29. The average molecular weight is 670 g/mol. The SMILES string of the molecule is C=C/C=C\c1c(CN(CCC)CCC)ccc(-c2ccc(O)c3c2C[C@H]2C[C@H]4[C@H](N(C)C)C(=O)C(C(N)=O)=C(O)[C@@]4(O)C(=O)C2=C3O)c1C. The number of ketones is 2. The minimum Gasteiger partial charge on any atom is -0.508 e. The molecular formula is C39H47N3O7.